The highest BCUT2D eigenvalue weighted by Gasteiger charge is 2.03. The third kappa shape index (κ3) is 4.87. The first-order valence-corrected chi connectivity index (χ1v) is 7.48. The standard InChI is InChI=1S/C16H23N5O/c1-12(2)10-18-15-11-19-21-16(20-15)17-9-8-13-6-4-5-7-14(13)22-3/h4-7,11-12H,8-10H2,1-3H3,(H2,17,18,20,21). The molecule has 0 saturated heterocycles. The molecule has 0 bridgehead atoms. The van der Waals surface area contributed by atoms with Crippen LogP contribution in [0, 0.1) is 5.92 Å². The summed E-state index contributed by atoms with van der Waals surface area (Å²) >= 11 is 0. The van der Waals surface area contributed by atoms with Crippen LogP contribution in [0.3, 0.4) is 0 Å². The van der Waals surface area contributed by atoms with E-state index in [9.17, 15) is 0 Å². The number of hydrogen-bond acceptors (Lipinski definition) is 6. The van der Waals surface area contributed by atoms with Gasteiger partial charge >= 0.3 is 0 Å². The van der Waals surface area contributed by atoms with Gasteiger partial charge in [0.05, 0.1) is 13.3 Å². The molecule has 1 heterocycles. The Balaban J connectivity index is 1.87. The van der Waals surface area contributed by atoms with Gasteiger partial charge in [0.15, 0.2) is 5.82 Å². The molecule has 1 aromatic heterocycles. The molecule has 0 aliphatic rings. The van der Waals surface area contributed by atoms with E-state index in [1.807, 2.05) is 18.2 Å². The Hall–Kier alpha value is -2.37. The van der Waals surface area contributed by atoms with Crippen molar-refractivity contribution in [3.8, 4) is 5.75 Å². The molecule has 1 aromatic carbocycles. The Kier molecular flexibility index (Phi) is 5.94. The highest BCUT2D eigenvalue weighted by Crippen LogP contribution is 2.17. The molecule has 0 unspecified atom stereocenters. The molecule has 0 atom stereocenters. The van der Waals surface area contributed by atoms with Crippen LogP contribution in [0.1, 0.15) is 19.4 Å². The summed E-state index contributed by atoms with van der Waals surface area (Å²) in [5, 5.41) is 14.4. The fourth-order valence-corrected chi connectivity index (χ4v) is 1.99. The molecular formula is C16H23N5O. The number of benzene rings is 1. The van der Waals surface area contributed by atoms with Gasteiger partial charge in [-0.2, -0.15) is 10.1 Å². The Morgan fingerprint density at radius 1 is 1.18 bits per heavy atom. The lowest BCUT2D eigenvalue weighted by Gasteiger charge is -2.10. The molecule has 6 heteroatoms. The quantitative estimate of drug-likeness (QED) is 0.781. The van der Waals surface area contributed by atoms with Crippen LogP contribution < -0.4 is 15.4 Å². The van der Waals surface area contributed by atoms with E-state index in [4.69, 9.17) is 4.74 Å². The summed E-state index contributed by atoms with van der Waals surface area (Å²) in [4.78, 5) is 4.39. The number of methoxy groups -OCH3 is 1. The smallest absolute Gasteiger partial charge is 0.244 e. The number of nitrogens with one attached hydrogen (secondary N) is 2. The molecule has 0 radical (unpaired) electrons. The highest BCUT2D eigenvalue weighted by molar-refractivity contribution is 5.38. The number of hydrogen-bond donors (Lipinski definition) is 2. The first-order valence-electron chi connectivity index (χ1n) is 7.48. The van der Waals surface area contributed by atoms with Gasteiger partial charge in [0.25, 0.3) is 0 Å². The fraction of sp³-hybridized carbons (Fsp3) is 0.438. The summed E-state index contributed by atoms with van der Waals surface area (Å²) in [6.45, 7) is 5.87. The van der Waals surface area contributed by atoms with Crippen LogP contribution in [-0.2, 0) is 6.42 Å². The van der Waals surface area contributed by atoms with Crippen LogP contribution in [0.5, 0.6) is 5.75 Å². The molecule has 0 fully saturated rings. The SMILES string of the molecule is COc1ccccc1CCNc1nncc(NCC(C)C)n1. The van der Waals surface area contributed by atoms with E-state index >= 15 is 0 Å². The van der Waals surface area contributed by atoms with Crippen LogP contribution in [-0.4, -0.2) is 35.4 Å². The maximum atomic E-state index is 5.34. The Morgan fingerprint density at radius 2 is 2.00 bits per heavy atom. The Labute approximate surface area is 131 Å². The van der Waals surface area contributed by atoms with Gasteiger partial charge in [-0.3, -0.25) is 0 Å². The summed E-state index contributed by atoms with van der Waals surface area (Å²) in [6.07, 6.45) is 2.46. The summed E-state index contributed by atoms with van der Waals surface area (Å²) in [7, 11) is 1.68. The summed E-state index contributed by atoms with van der Waals surface area (Å²) in [5.41, 5.74) is 1.15. The molecule has 2 rings (SSSR count). The van der Waals surface area contributed by atoms with Crippen molar-refractivity contribution in [3.05, 3.63) is 36.0 Å². The van der Waals surface area contributed by atoms with Gasteiger partial charge < -0.3 is 15.4 Å². The lowest BCUT2D eigenvalue weighted by Crippen LogP contribution is -2.13. The molecule has 0 spiro atoms. The minimum atomic E-state index is 0.531. The predicted octanol–water partition coefficient (Wildman–Crippen LogP) is 2.60. The third-order valence-corrected chi connectivity index (χ3v) is 3.12. The van der Waals surface area contributed by atoms with E-state index in [2.05, 4.69) is 45.7 Å². The third-order valence-electron chi connectivity index (χ3n) is 3.12. The highest BCUT2D eigenvalue weighted by atomic mass is 16.5. The van der Waals surface area contributed by atoms with Gasteiger partial charge in [-0.05, 0) is 24.0 Å². The summed E-state index contributed by atoms with van der Waals surface area (Å²) in [6, 6.07) is 7.99. The minimum Gasteiger partial charge on any atom is -0.496 e. The second kappa shape index (κ2) is 8.17. The van der Waals surface area contributed by atoms with Gasteiger partial charge in [0, 0.05) is 13.1 Å². The van der Waals surface area contributed by atoms with Crippen molar-refractivity contribution >= 4 is 11.8 Å². The van der Waals surface area contributed by atoms with Gasteiger partial charge in [0.2, 0.25) is 5.95 Å². The van der Waals surface area contributed by atoms with Crippen molar-refractivity contribution in [2.24, 2.45) is 5.92 Å². The molecule has 118 valence electrons. The molecule has 0 saturated carbocycles. The lowest BCUT2D eigenvalue weighted by atomic mass is 10.1. The molecule has 6 nitrogen and oxygen atoms in total. The van der Waals surface area contributed by atoms with E-state index < -0.39 is 0 Å². The van der Waals surface area contributed by atoms with Crippen molar-refractivity contribution in [2.75, 3.05) is 30.8 Å². The molecule has 22 heavy (non-hydrogen) atoms. The maximum Gasteiger partial charge on any atom is 0.244 e. The largest absolute Gasteiger partial charge is 0.496 e. The number of ether oxygens (including phenoxy) is 1. The zero-order valence-electron chi connectivity index (χ0n) is 13.3. The zero-order valence-corrected chi connectivity index (χ0v) is 13.3. The van der Waals surface area contributed by atoms with Crippen molar-refractivity contribution in [3.63, 3.8) is 0 Å². The summed E-state index contributed by atoms with van der Waals surface area (Å²) < 4.78 is 5.34. The molecule has 0 aliphatic carbocycles. The molecule has 2 N–H and O–H groups in total. The number of anilines is 2. The Morgan fingerprint density at radius 3 is 2.77 bits per heavy atom. The average molecular weight is 301 g/mol. The number of rotatable bonds is 8. The van der Waals surface area contributed by atoms with Crippen molar-refractivity contribution in [1.82, 2.24) is 15.2 Å². The topological polar surface area (TPSA) is 72.0 Å². The number of aromatic nitrogens is 3. The van der Waals surface area contributed by atoms with Crippen molar-refractivity contribution < 1.29 is 4.74 Å². The van der Waals surface area contributed by atoms with E-state index in [0.29, 0.717) is 11.9 Å². The average Bonchev–Trinajstić information content (AvgIpc) is 2.54. The maximum absolute atomic E-state index is 5.34. The molecule has 0 amide bonds. The van der Waals surface area contributed by atoms with Crippen LogP contribution in [0.4, 0.5) is 11.8 Å². The van der Waals surface area contributed by atoms with Crippen molar-refractivity contribution in [2.45, 2.75) is 20.3 Å². The van der Waals surface area contributed by atoms with E-state index in [1.54, 1.807) is 13.3 Å². The minimum absolute atomic E-state index is 0.531. The molecule has 2 aromatic rings. The zero-order chi connectivity index (χ0) is 15.8. The second-order valence-electron chi connectivity index (χ2n) is 5.43. The normalized spacial score (nSPS) is 10.5. The van der Waals surface area contributed by atoms with Gasteiger partial charge in [-0.15, -0.1) is 5.10 Å². The first kappa shape index (κ1) is 16.0. The van der Waals surface area contributed by atoms with Gasteiger partial charge in [-0.1, -0.05) is 32.0 Å². The summed E-state index contributed by atoms with van der Waals surface area (Å²) in [5.74, 6) is 2.72. The fourth-order valence-electron chi connectivity index (χ4n) is 1.99. The number of para-hydroxylation sites is 1. The molecular weight excluding hydrogens is 278 g/mol. The van der Waals surface area contributed by atoms with Crippen molar-refractivity contribution in [1.29, 1.82) is 0 Å². The van der Waals surface area contributed by atoms with Crippen LogP contribution in [0.25, 0.3) is 0 Å². The predicted molar refractivity (Wildman–Crippen MR) is 88.3 cm³/mol. The van der Waals surface area contributed by atoms with Crippen LogP contribution >= 0.6 is 0 Å². The van der Waals surface area contributed by atoms with Gasteiger partial charge in [-0.25, -0.2) is 0 Å². The second-order valence-corrected chi connectivity index (χ2v) is 5.43. The first-order chi connectivity index (χ1) is 10.7. The van der Waals surface area contributed by atoms with Crippen LogP contribution in [0.2, 0.25) is 0 Å². The Bertz CT molecular complexity index is 588. The lowest BCUT2D eigenvalue weighted by molar-refractivity contribution is 0.410. The monoisotopic (exact) mass is 301 g/mol. The van der Waals surface area contributed by atoms with E-state index in [1.165, 1.54) is 0 Å². The van der Waals surface area contributed by atoms with Crippen LogP contribution in [0.15, 0.2) is 30.5 Å². The van der Waals surface area contributed by atoms with E-state index in [-0.39, 0.29) is 0 Å². The van der Waals surface area contributed by atoms with Gasteiger partial charge in [0.1, 0.15) is 5.75 Å². The van der Waals surface area contributed by atoms with E-state index in [0.717, 1.165) is 36.6 Å². The molecule has 0 aliphatic heterocycles. The number of nitrogens with zero attached hydrogens (tertiary/aromatic N) is 3.